The molecular formula is C26H24N6O3. The third-order valence-corrected chi connectivity index (χ3v) is 6.64. The SMILES string of the molecule is Cc1n[nH]c(C)c1Cc1ccc(C(=O)N2CCc3c(nc4cc(-c5ccccc5)[nH]n4c3=O)C2)o1. The van der Waals surface area contributed by atoms with Crippen molar-refractivity contribution >= 4 is 11.6 Å². The molecule has 2 N–H and O–H groups in total. The highest BCUT2D eigenvalue weighted by atomic mass is 16.4. The Morgan fingerprint density at radius 1 is 1.14 bits per heavy atom. The second-order valence-electron chi connectivity index (χ2n) is 8.90. The number of amides is 1. The number of H-pyrrole nitrogens is 2. The molecular weight excluding hydrogens is 444 g/mol. The summed E-state index contributed by atoms with van der Waals surface area (Å²) in [5.41, 5.74) is 6.45. The summed E-state index contributed by atoms with van der Waals surface area (Å²) in [5.74, 6) is 0.786. The van der Waals surface area contributed by atoms with Crippen LogP contribution in [0.3, 0.4) is 0 Å². The molecule has 9 heteroatoms. The Hall–Kier alpha value is -4.40. The molecule has 0 fully saturated rings. The largest absolute Gasteiger partial charge is 0.456 e. The van der Waals surface area contributed by atoms with E-state index in [1.807, 2.05) is 56.3 Å². The predicted octanol–water partition coefficient (Wildman–Crippen LogP) is 3.41. The number of hydrogen-bond acceptors (Lipinski definition) is 5. The van der Waals surface area contributed by atoms with Crippen molar-refractivity contribution in [1.29, 1.82) is 0 Å². The van der Waals surface area contributed by atoms with Crippen molar-refractivity contribution in [3.05, 3.63) is 98.6 Å². The van der Waals surface area contributed by atoms with Gasteiger partial charge in [-0.1, -0.05) is 30.3 Å². The molecule has 0 spiro atoms. The highest BCUT2D eigenvalue weighted by Crippen LogP contribution is 2.23. The summed E-state index contributed by atoms with van der Waals surface area (Å²) in [6.07, 6.45) is 1.01. The summed E-state index contributed by atoms with van der Waals surface area (Å²) in [4.78, 5) is 32.7. The van der Waals surface area contributed by atoms with Gasteiger partial charge in [-0.3, -0.25) is 19.8 Å². The van der Waals surface area contributed by atoms with Crippen LogP contribution in [0.4, 0.5) is 0 Å². The normalized spacial score (nSPS) is 13.4. The van der Waals surface area contributed by atoms with Crippen molar-refractivity contribution < 1.29 is 9.21 Å². The maximum absolute atomic E-state index is 13.2. The van der Waals surface area contributed by atoms with Gasteiger partial charge >= 0.3 is 0 Å². The maximum atomic E-state index is 13.2. The lowest BCUT2D eigenvalue weighted by atomic mass is 10.1. The van der Waals surface area contributed by atoms with Gasteiger partial charge in [0.05, 0.1) is 23.6 Å². The maximum Gasteiger partial charge on any atom is 0.289 e. The van der Waals surface area contributed by atoms with Crippen LogP contribution >= 0.6 is 0 Å². The van der Waals surface area contributed by atoms with Gasteiger partial charge in [-0.2, -0.15) is 5.10 Å². The molecule has 0 unspecified atom stereocenters. The molecule has 5 aromatic rings. The van der Waals surface area contributed by atoms with Crippen LogP contribution in [0.1, 0.15) is 44.5 Å². The van der Waals surface area contributed by atoms with Gasteiger partial charge in [0.2, 0.25) is 0 Å². The van der Waals surface area contributed by atoms with Crippen LogP contribution in [0.2, 0.25) is 0 Å². The van der Waals surface area contributed by atoms with Crippen LogP contribution in [-0.2, 0) is 19.4 Å². The fraction of sp³-hybridized carbons (Fsp3) is 0.231. The number of furan rings is 1. The van der Waals surface area contributed by atoms with Crippen molar-refractivity contribution in [2.45, 2.75) is 33.2 Å². The summed E-state index contributed by atoms with van der Waals surface area (Å²) in [7, 11) is 0. The second kappa shape index (κ2) is 8.12. The molecule has 1 aliphatic rings. The van der Waals surface area contributed by atoms with E-state index >= 15 is 0 Å². The molecule has 0 bridgehead atoms. The Bertz CT molecular complexity index is 1600. The van der Waals surface area contributed by atoms with Gasteiger partial charge in [0, 0.05) is 35.9 Å². The lowest BCUT2D eigenvalue weighted by molar-refractivity contribution is 0.0697. The standard InChI is InChI=1S/C26H24N6O3/c1-15-20(16(2)29-28-15)12-18-8-9-23(35-18)26(34)31-11-10-19-22(14-31)27-24-13-21(30-32(24)25(19)33)17-6-4-3-5-7-17/h3-9,13,30H,10-12,14H2,1-2H3,(H,28,29). The third kappa shape index (κ3) is 3.65. The molecule has 6 rings (SSSR count). The van der Waals surface area contributed by atoms with Gasteiger partial charge in [0.1, 0.15) is 5.76 Å². The predicted molar refractivity (Wildman–Crippen MR) is 129 cm³/mol. The van der Waals surface area contributed by atoms with Gasteiger partial charge in [-0.25, -0.2) is 9.50 Å². The van der Waals surface area contributed by atoms with Crippen LogP contribution in [-0.4, -0.2) is 42.1 Å². The molecule has 4 aromatic heterocycles. The monoisotopic (exact) mass is 468 g/mol. The Morgan fingerprint density at radius 3 is 2.74 bits per heavy atom. The lowest BCUT2D eigenvalue weighted by Crippen LogP contribution is -2.39. The van der Waals surface area contributed by atoms with Gasteiger partial charge in [0.15, 0.2) is 11.4 Å². The molecule has 1 aromatic carbocycles. The molecule has 0 radical (unpaired) electrons. The van der Waals surface area contributed by atoms with Crippen molar-refractivity contribution in [2.75, 3.05) is 6.54 Å². The molecule has 176 valence electrons. The molecule has 0 atom stereocenters. The highest BCUT2D eigenvalue weighted by Gasteiger charge is 2.28. The fourth-order valence-electron chi connectivity index (χ4n) is 4.68. The van der Waals surface area contributed by atoms with E-state index in [1.54, 1.807) is 11.0 Å². The third-order valence-electron chi connectivity index (χ3n) is 6.64. The first-order valence-electron chi connectivity index (χ1n) is 11.6. The van der Waals surface area contributed by atoms with Crippen LogP contribution in [0.5, 0.6) is 0 Å². The minimum absolute atomic E-state index is 0.120. The number of nitrogens with one attached hydrogen (secondary N) is 2. The second-order valence-corrected chi connectivity index (χ2v) is 8.90. The van der Waals surface area contributed by atoms with E-state index in [0.29, 0.717) is 42.1 Å². The number of aryl methyl sites for hydroxylation is 2. The molecule has 0 saturated carbocycles. The van der Waals surface area contributed by atoms with E-state index in [9.17, 15) is 9.59 Å². The summed E-state index contributed by atoms with van der Waals surface area (Å²) >= 11 is 0. The average molecular weight is 469 g/mol. The van der Waals surface area contributed by atoms with Gasteiger partial charge in [-0.15, -0.1) is 0 Å². The molecule has 5 heterocycles. The zero-order chi connectivity index (χ0) is 24.1. The number of aromatic amines is 2. The van der Waals surface area contributed by atoms with Crippen LogP contribution < -0.4 is 5.56 Å². The smallest absolute Gasteiger partial charge is 0.289 e. The number of rotatable bonds is 4. The summed E-state index contributed by atoms with van der Waals surface area (Å²) in [6, 6.07) is 15.2. The average Bonchev–Trinajstić information content (AvgIpc) is 3.60. The van der Waals surface area contributed by atoms with Crippen molar-refractivity contribution in [2.24, 2.45) is 0 Å². The molecule has 9 nitrogen and oxygen atoms in total. The first kappa shape index (κ1) is 21.2. The molecule has 35 heavy (non-hydrogen) atoms. The van der Waals surface area contributed by atoms with E-state index in [-0.39, 0.29) is 23.8 Å². The van der Waals surface area contributed by atoms with Crippen LogP contribution in [0.15, 0.2) is 57.7 Å². The van der Waals surface area contributed by atoms with E-state index in [2.05, 4.69) is 15.3 Å². The first-order chi connectivity index (χ1) is 17.0. The van der Waals surface area contributed by atoms with E-state index < -0.39 is 0 Å². The number of benzene rings is 1. The molecule has 1 amide bonds. The molecule has 0 aliphatic carbocycles. The van der Waals surface area contributed by atoms with Crippen molar-refractivity contribution in [1.82, 2.24) is 29.7 Å². The van der Waals surface area contributed by atoms with E-state index in [4.69, 9.17) is 9.40 Å². The summed E-state index contributed by atoms with van der Waals surface area (Å²) in [6.45, 7) is 4.60. The zero-order valence-corrected chi connectivity index (χ0v) is 19.5. The fourth-order valence-corrected chi connectivity index (χ4v) is 4.68. The van der Waals surface area contributed by atoms with Crippen molar-refractivity contribution in [3.8, 4) is 11.3 Å². The zero-order valence-electron chi connectivity index (χ0n) is 19.5. The summed E-state index contributed by atoms with van der Waals surface area (Å²) < 4.78 is 7.38. The Labute approximate surface area is 200 Å². The van der Waals surface area contributed by atoms with Crippen molar-refractivity contribution in [3.63, 3.8) is 0 Å². The number of carbonyl (C=O) groups excluding carboxylic acids is 1. The van der Waals surface area contributed by atoms with Gasteiger partial charge in [0.25, 0.3) is 11.5 Å². The van der Waals surface area contributed by atoms with Crippen LogP contribution in [0, 0.1) is 13.8 Å². The van der Waals surface area contributed by atoms with Gasteiger partial charge in [-0.05, 0) is 38.0 Å². The Kier molecular flexibility index (Phi) is 4.91. The highest BCUT2D eigenvalue weighted by molar-refractivity contribution is 5.91. The molecule has 1 aliphatic heterocycles. The minimum Gasteiger partial charge on any atom is -0.456 e. The first-order valence-corrected chi connectivity index (χ1v) is 11.6. The summed E-state index contributed by atoms with van der Waals surface area (Å²) in [5, 5.41) is 10.3. The topological polar surface area (TPSA) is 112 Å². The number of aromatic nitrogens is 5. The Morgan fingerprint density at radius 2 is 1.97 bits per heavy atom. The number of nitrogens with zero attached hydrogens (tertiary/aromatic N) is 4. The number of carbonyl (C=O) groups is 1. The Balaban J connectivity index is 1.25. The van der Waals surface area contributed by atoms with E-state index in [1.165, 1.54) is 4.52 Å². The lowest BCUT2D eigenvalue weighted by Gasteiger charge is -2.26. The van der Waals surface area contributed by atoms with Gasteiger partial charge < -0.3 is 9.32 Å². The molecule has 0 saturated heterocycles. The van der Waals surface area contributed by atoms with E-state index in [0.717, 1.165) is 28.2 Å². The number of hydrogen-bond donors (Lipinski definition) is 2. The minimum atomic E-state index is -0.205. The number of fused-ring (bicyclic) bond motifs is 2. The quantitative estimate of drug-likeness (QED) is 0.420. The van der Waals surface area contributed by atoms with Crippen LogP contribution in [0.25, 0.3) is 16.9 Å².